The molecule has 0 spiro atoms. The van der Waals surface area contributed by atoms with Crippen LogP contribution in [-0.4, -0.2) is 16.5 Å². The van der Waals surface area contributed by atoms with Crippen LogP contribution in [0.1, 0.15) is 19.8 Å². The summed E-state index contributed by atoms with van der Waals surface area (Å²) in [6.45, 7) is 2.85. The first-order valence-corrected chi connectivity index (χ1v) is 5.42. The van der Waals surface area contributed by atoms with Crippen molar-refractivity contribution in [2.45, 2.75) is 19.8 Å². The maximum absolute atomic E-state index is 10.8. The van der Waals surface area contributed by atoms with Gasteiger partial charge in [0.25, 0.3) is 0 Å². The number of hydrogen-bond donors (Lipinski definition) is 1. The van der Waals surface area contributed by atoms with Gasteiger partial charge in [0, 0.05) is 18.8 Å². The van der Waals surface area contributed by atoms with Crippen LogP contribution in [-0.2, 0) is 0 Å². The van der Waals surface area contributed by atoms with Crippen LogP contribution < -0.4 is 5.32 Å². The molecule has 0 radical (unpaired) electrons. The summed E-state index contributed by atoms with van der Waals surface area (Å²) in [5.74, 6) is 0.294. The molecule has 1 fully saturated rings. The molecule has 1 saturated carbocycles. The van der Waals surface area contributed by atoms with Gasteiger partial charge in [0.2, 0.25) is 5.82 Å². The number of pyridine rings is 1. The van der Waals surface area contributed by atoms with Gasteiger partial charge in [-0.15, -0.1) is 0 Å². The molecule has 0 aromatic carbocycles. The summed E-state index contributed by atoms with van der Waals surface area (Å²) in [5, 5.41) is 14.1. The molecule has 6 heteroatoms. The molecule has 1 aliphatic carbocycles. The fourth-order valence-corrected chi connectivity index (χ4v) is 1.54. The van der Waals surface area contributed by atoms with Gasteiger partial charge in [0.15, 0.2) is 0 Å². The molecule has 86 valence electrons. The van der Waals surface area contributed by atoms with Crippen molar-refractivity contribution in [3.63, 3.8) is 0 Å². The van der Waals surface area contributed by atoms with Gasteiger partial charge in [-0.05, 0) is 18.3 Å². The highest BCUT2D eigenvalue weighted by atomic mass is 35.5. The Morgan fingerprint density at radius 2 is 2.38 bits per heavy atom. The zero-order chi connectivity index (χ0) is 11.8. The maximum atomic E-state index is 10.8. The molecule has 1 aromatic heterocycles. The minimum Gasteiger partial charge on any atom is -0.364 e. The maximum Gasteiger partial charge on any atom is 0.312 e. The Bertz CT molecular complexity index is 432. The first-order chi connectivity index (χ1) is 7.50. The van der Waals surface area contributed by atoms with Crippen LogP contribution in [0.25, 0.3) is 0 Å². The first kappa shape index (κ1) is 11.1. The van der Waals surface area contributed by atoms with Gasteiger partial charge in [-0.1, -0.05) is 18.5 Å². The lowest BCUT2D eigenvalue weighted by Gasteiger charge is -2.10. The number of rotatable bonds is 4. The lowest BCUT2D eigenvalue weighted by atomic mass is 10.1. The third kappa shape index (κ3) is 2.41. The van der Waals surface area contributed by atoms with Crippen molar-refractivity contribution in [1.82, 2.24) is 4.98 Å². The summed E-state index contributed by atoms with van der Waals surface area (Å²) in [6.07, 6.45) is 3.72. The molecule has 0 saturated heterocycles. The van der Waals surface area contributed by atoms with Crippen LogP contribution >= 0.6 is 11.6 Å². The van der Waals surface area contributed by atoms with Crippen LogP contribution in [0.15, 0.2) is 12.3 Å². The van der Waals surface area contributed by atoms with Crippen LogP contribution in [0.3, 0.4) is 0 Å². The zero-order valence-electron chi connectivity index (χ0n) is 8.86. The molecule has 1 heterocycles. The van der Waals surface area contributed by atoms with Crippen LogP contribution in [0.2, 0.25) is 5.02 Å². The summed E-state index contributed by atoms with van der Waals surface area (Å²) in [6, 6.07) is 1.31. The molecule has 0 bridgehead atoms. The van der Waals surface area contributed by atoms with Gasteiger partial charge in [-0.2, -0.15) is 0 Å². The van der Waals surface area contributed by atoms with Crippen LogP contribution in [0.5, 0.6) is 0 Å². The molecule has 0 atom stereocenters. The SMILES string of the molecule is CC1(CNc2ncc(Cl)cc2[N+](=O)[O-])CC1. The largest absolute Gasteiger partial charge is 0.364 e. The summed E-state index contributed by atoms with van der Waals surface area (Å²) in [7, 11) is 0. The average Bonchev–Trinajstić information content (AvgIpc) is 2.95. The van der Waals surface area contributed by atoms with E-state index in [1.54, 1.807) is 0 Å². The lowest BCUT2D eigenvalue weighted by Crippen LogP contribution is -2.13. The van der Waals surface area contributed by atoms with Crippen molar-refractivity contribution in [2.75, 3.05) is 11.9 Å². The van der Waals surface area contributed by atoms with Gasteiger partial charge in [0.1, 0.15) is 0 Å². The third-order valence-corrected chi connectivity index (χ3v) is 3.02. The molecule has 1 aromatic rings. The standard InChI is InChI=1S/C10H12ClN3O2/c1-10(2-3-10)6-13-9-8(14(15)16)4-7(11)5-12-9/h4-5H,2-3,6H2,1H3,(H,12,13). The summed E-state index contributed by atoms with van der Waals surface area (Å²) < 4.78 is 0. The highest BCUT2D eigenvalue weighted by molar-refractivity contribution is 6.30. The van der Waals surface area contributed by atoms with Gasteiger partial charge in [-0.25, -0.2) is 4.98 Å². The van der Waals surface area contributed by atoms with Crippen LogP contribution in [0, 0.1) is 15.5 Å². The highest BCUT2D eigenvalue weighted by Gasteiger charge is 2.37. The molecule has 1 aliphatic rings. The summed E-state index contributed by atoms with van der Waals surface area (Å²) >= 11 is 5.67. The Hall–Kier alpha value is -1.36. The van der Waals surface area contributed by atoms with Gasteiger partial charge >= 0.3 is 5.69 Å². The van der Waals surface area contributed by atoms with E-state index < -0.39 is 4.92 Å². The monoisotopic (exact) mass is 241 g/mol. The lowest BCUT2D eigenvalue weighted by molar-refractivity contribution is -0.384. The zero-order valence-corrected chi connectivity index (χ0v) is 9.62. The van der Waals surface area contributed by atoms with Gasteiger partial charge in [-0.3, -0.25) is 10.1 Å². The normalized spacial score (nSPS) is 16.9. The molecule has 2 rings (SSSR count). The second-order valence-electron chi connectivity index (χ2n) is 4.44. The van der Waals surface area contributed by atoms with Crippen molar-refractivity contribution in [3.05, 3.63) is 27.4 Å². The fourth-order valence-electron chi connectivity index (χ4n) is 1.39. The van der Waals surface area contributed by atoms with Crippen molar-refractivity contribution in [1.29, 1.82) is 0 Å². The van der Waals surface area contributed by atoms with Crippen molar-refractivity contribution >= 4 is 23.1 Å². The number of nitrogens with one attached hydrogen (secondary N) is 1. The number of nitrogens with zero attached hydrogens (tertiary/aromatic N) is 2. The number of halogens is 1. The fraction of sp³-hybridized carbons (Fsp3) is 0.500. The second kappa shape index (κ2) is 3.90. The quantitative estimate of drug-likeness (QED) is 0.650. The van der Waals surface area contributed by atoms with E-state index in [2.05, 4.69) is 17.2 Å². The number of nitro groups is 1. The van der Waals surface area contributed by atoms with Crippen molar-refractivity contribution in [2.24, 2.45) is 5.41 Å². The Labute approximate surface area is 98.0 Å². The Morgan fingerprint density at radius 1 is 1.69 bits per heavy atom. The number of hydrogen-bond acceptors (Lipinski definition) is 4. The van der Waals surface area contributed by atoms with E-state index >= 15 is 0 Å². The second-order valence-corrected chi connectivity index (χ2v) is 4.88. The van der Waals surface area contributed by atoms with Gasteiger partial charge < -0.3 is 5.32 Å². The van der Waals surface area contributed by atoms with E-state index in [4.69, 9.17) is 11.6 Å². The van der Waals surface area contributed by atoms with E-state index in [-0.39, 0.29) is 16.1 Å². The first-order valence-electron chi connectivity index (χ1n) is 5.04. The summed E-state index contributed by atoms with van der Waals surface area (Å²) in [5.41, 5.74) is 0.201. The van der Waals surface area contributed by atoms with E-state index in [0.717, 1.165) is 12.8 Å². The highest BCUT2D eigenvalue weighted by Crippen LogP contribution is 2.45. The minimum atomic E-state index is -0.476. The molecular weight excluding hydrogens is 230 g/mol. The Balaban J connectivity index is 2.15. The van der Waals surface area contributed by atoms with E-state index in [1.807, 2.05) is 0 Å². The van der Waals surface area contributed by atoms with Crippen molar-refractivity contribution in [3.8, 4) is 0 Å². The predicted molar refractivity (Wildman–Crippen MR) is 61.7 cm³/mol. The smallest absolute Gasteiger partial charge is 0.312 e. The molecule has 1 N–H and O–H groups in total. The minimum absolute atomic E-state index is 0.0725. The third-order valence-electron chi connectivity index (χ3n) is 2.82. The Morgan fingerprint density at radius 3 is 2.94 bits per heavy atom. The van der Waals surface area contributed by atoms with E-state index in [0.29, 0.717) is 12.4 Å². The topological polar surface area (TPSA) is 68.1 Å². The molecule has 0 amide bonds. The average molecular weight is 242 g/mol. The number of aromatic nitrogens is 1. The molecule has 0 aliphatic heterocycles. The van der Waals surface area contributed by atoms with Crippen molar-refractivity contribution < 1.29 is 4.92 Å². The van der Waals surface area contributed by atoms with Crippen LogP contribution in [0.4, 0.5) is 11.5 Å². The number of anilines is 1. The van der Waals surface area contributed by atoms with E-state index in [1.165, 1.54) is 12.3 Å². The summed E-state index contributed by atoms with van der Waals surface area (Å²) in [4.78, 5) is 14.3. The predicted octanol–water partition coefficient (Wildman–Crippen LogP) is 2.86. The molecule has 5 nitrogen and oxygen atoms in total. The Kier molecular flexibility index (Phi) is 2.71. The van der Waals surface area contributed by atoms with Gasteiger partial charge in [0.05, 0.1) is 9.95 Å². The molecular formula is C10H12ClN3O2. The molecule has 0 unspecified atom stereocenters. The van der Waals surface area contributed by atoms with E-state index in [9.17, 15) is 10.1 Å². The molecule has 16 heavy (non-hydrogen) atoms.